The van der Waals surface area contributed by atoms with Gasteiger partial charge in [0.25, 0.3) is 0 Å². The maximum absolute atomic E-state index is 11.3. The van der Waals surface area contributed by atoms with Gasteiger partial charge in [0.05, 0.1) is 24.3 Å². The number of rotatable bonds is 2. The average Bonchev–Trinajstić information content (AvgIpc) is 2.66. The summed E-state index contributed by atoms with van der Waals surface area (Å²) in [4.78, 5) is 22.5. The molecule has 0 amide bonds. The van der Waals surface area contributed by atoms with Crippen molar-refractivity contribution in [1.82, 2.24) is 0 Å². The maximum Gasteiger partial charge on any atom is 0.338 e. The number of aliphatic hydroxyl groups is 2. The van der Waals surface area contributed by atoms with Gasteiger partial charge >= 0.3 is 11.9 Å². The molecule has 132 valence electrons. The highest BCUT2D eigenvalue weighted by atomic mass is 16.6. The lowest BCUT2D eigenvalue weighted by atomic mass is 9.75. The zero-order valence-corrected chi connectivity index (χ0v) is 13.7. The summed E-state index contributed by atoms with van der Waals surface area (Å²) in [5, 5.41) is 18.0. The summed E-state index contributed by atoms with van der Waals surface area (Å²) in [5.41, 5.74) is 0.769. The monoisotopic (exact) mass is 336 g/mol. The first-order valence-electron chi connectivity index (χ1n) is 8.26. The van der Waals surface area contributed by atoms with Gasteiger partial charge < -0.3 is 19.7 Å². The number of carbonyl (C=O) groups is 2. The molecule has 0 radical (unpaired) electrons. The molecule has 2 N–H and O–H groups in total. The minimum atomic E-state index is -0.394. The smallest absolute Gasteiger partial charge is 0.338 e. The fraction of sp³-hybridized carbons (Fsp3) is 0.556. The number of carbonyl (C=O) groups excluding carboxylic acids is 2. The zero-order chi connectivity index (χ0) is 17.4. The van der Waals surface area contributed by atoms with Crippen LogP contribution in [0.3, 0.4) is 0 Å². The van der Waals surface area contributed by atoms with E-state index in [1.54, 1.807) is 24.3 Å². The maximum atomic E-state index is 11.3. The third kappa shape index (κ3) is 4.79. The van der Waals surface area contributed by atoms with Gasteiger partial charge in [-0.3, -0.25) is 0 Å². The van der Waals surface area contributed by atoms with Crippen molar-refractivity contribution >= 4 is 11.9 Å². The van der Waals surface area contributed by atoms with E-state index in [9.17, 15) is 9.59 Å². The van der Waals surface area contributed by atoms with E-state index in [-0.39, 0.29) is 31.8 Å². The lowest BCUT2D eigenvalue weighted by Gasteiger charge is -2.33. The van der Waals surface area contributed by atoms with Crippen molar-refractivity contribution in [2.75, 3.05) is 26.4 Å². The molecule has 1 aliphatic carbocycles. The SMILES string of the molecule is O=C1OCCOC(=O)c2ccc1cc2.OCC1(CO)CCCCC1. The van der Waals surface area contributed by atoms with Crippen molar-refractivity contribution < 1.29 is 29.3 Å². The zero-order valence-electron chi connectivity index (χ0n) is 13.7. The normalized spacial score (nSPS) is 19.6. The highest BCUT2D eigenvalue weighted by molar-refractivity contribution is 5.93. The molecule has 2 heterocycles. The van der Waals surface area contributed by atoms with Gasteiger partial charge in [0.15, 0.2) is 0 Å². The van der Waals surface area contributed by atoms with E-state index in [1.165, 1.54) is 19.3 Å². The van der Waals surface area contributed by atoms with Gasteiger partial charge in [-0.1, -0.05) is 19.3 Å². The number of benzene rings is 1. The minimum Gasteiger partial charge on any atom is -0.458 e. The Labute approximate surface area is 141 Å². The molecule has 3 aliphatic rings. The molecule has 1 saturated carbocycles. The van der Waals surface area contributed by atoms with Crippen molar-refractivity contribution in [2.24, 2.45) is 5.41 Å². The molecule has 0 spiro atoms. The second-order valence-corrected chi connectivity index (χ2v) is 6.23. The number of fused-ring (bicyclic) bond motifs is 7. The third-order valence-electron chi connectivity index (χ3n) is 4.49. The average molecular weight is 336 g/mol. The van der Waals surface area contributed by atoms with Crippen LogP contribution >= 0.6 is 0 Å². The predicted octanol–water partition coefficient (Wildman–Crippen LogP) is 1.94. The van der Waals surface area contributed by atoms with E-state index in [1.807, 2.05) is 0 Å². The number of hydrogen-bond donors (Lipinski definition) is 2. The van der Waals surface area contributed by atoms with Crippen molar-refractivity contribution in [2.45, 2.75) is 32.1 Å². The first kappa shape index (κ1) is 18.4. The van der Waals surface area contributed by atoms with Crippen molar-refractivity contribution in [3.8, 4) is 0 Å². The molecular formula is C18H24O6. The molecule has 2 aliphatic heterocycles. The predicted molar refractivity (Wildman–Crippen MR) is 86.7 cm³/mol. The van der Waals surface area contributed by atoms with Crippen LogP contribution in [0.2, 0.25) is 0 Å². The molecule has 0 unspecified atom stereocenters. The van der Waals surface area contributed by atoms with Gasteiger partial charge in [-0.15, -0.1) is 0 Å². The van der Waals surface area contributed by atoms with Gasteiger partial charge in [0.2, 0.25) is 0 Å². The van der Waals surface area contributed by atoms with Crippen LogP contribution in [0.25, 0.3) is 0 Å². The fourth-order valence-electron chi connectivity index (χ4n) is 2.85. The Hall–Kier alpha value is -1.92. The fourth-order valence-corrected chi connectivity index (χ4v) is 2.85. The Morgan fingerprint density at radius 1 is 0.792 bits per heavy atom. The molecule has 0 aromatic heterocycles. The van der Waals surface area contributed by atoms with E-state index in [0.29, 0.717) is 11.1 Å². The van der Waals surface area contributed by atoms with E-state index in [4.69, 9.17) is 19.7 Å². The largest absolute Gasteiger partial charge is 0.458 e. The summed E-state index contributed by atoms with van der Waals surface area (Å²) in [7, 11) is 0. The molecule has 4 rings (SSSR count). The highest BCUT2D eigenvalue weighted by Gasteiger charge is 2.30. The Morgan fingerprint density at radius 2 is 1.21 bits per heavy atom. The van der Waals surface area contributed by atoms with Crippen LogP contribution in [0.4, 0.5) is 0 Å². The summed E-state index contributed by atoms with van der Waals surface area (Å²) < 4.78 is 9.66. The Kier molecular flexibility index (Phi) is 6.75. The molecule has 24 heavy (non-hydrogen) atoms. The van der Waals surface area contributed by atoms with Gasteiger partial charge in [-0.25, -0.2) is 9.59 Å². The Morgan fingerprint density at radius 3 is 1.54 bits per heavy atom. The number of esters is 2. The molecule has 0 saturated heterocycles. The second kappa shape index (κ2) is 8.80. The molecule has 6 heteroatoms. The Bertz CT molecular complexity index is 502. The topological polar surface area (TPSA) is 93.1 Å². The van der Waals surface area contributed by atoms with Crippen molar-refractivity contribution in [3.63, 3.8) is 0 Å². The van der Waals surface area contributed by atoms with Gasteiger partial charge in [0.1, 0.15) is 13.2 Å². The first-order chi connectivity index (χ1) is 11.6. The molecule has 2 bridgehead atoms. The van der Waals surface area contributed by atoms with Gasteiger partial charge in [-0.2, -0.15) is 0 Å². The Balaban J connectivity index is 0.000000185. The summed E-state index contributed by atoms with van der Waals surface area (Å²) in [6.45, 7) is 0.513. The van der Waals surface area contributed by atoms with Crippen molar-refractivity contribution in [1.29, 1.82) is 0 Å². The highest BCUT2D eigenvalue weighted by Crippen LogP contribution is 2.34. The lowest BCUT2D eigenvalue weighted by Crippen LogP contribution is -2.31. The van der Waals surface area contributed by atoms with E-state index in [2.05, 4.69) is 0 Å². The summed E-state index contributed by atoms with van der Waals surface area (Å²) >= 11 is 0. The first-order valence-corrected chi connectivity index (χ1v) is 8.26. The summed E-state index contributed by atoms with van der Waals surface area (Å²) in [6.07, 6.45) is 5.60. The standard InChI is InChI=1S/C10H8O4.C8H16O2/c11-9-7-1-2-8(4-3-7)10(12)14-6-5-13-9;9-6-8(7-10)4-2-1-3-5-8/h1-4H,5-6H2;9-10H,1-7H2. The molecule has 1 aromatic carbocycles. The van der Waals surface area contributed by atoms with Crippen LogP contribution in [-0.2, 0) is 9.47 Å². The quantitative estimate of drug-likeness (QED) is 0.802. The summed E-state index contributed by atoms with van der Waals surface area (Å²) in [6, 6.07) is 6.18. The van der Waals surface area contributed by atoms with Crippen LogP contribution < -0.4 is 0 Å². The molecule has 6 nitrogen and oxygen atoms in total. The molecule has 1 fully saturated rings. The second-order valence-electron chi connectivity index (χ2n) is 6.23. The summed E-state index contributed by atoms with van der Waals surface area (Å²) in [5.74, 6) is -0.788. The van der Waals surface area contributed by atoms with E-state index in [0.717, 1.165) is 12.8 Å². The van der Waals surface area contributed by atoms with Crippen LogP contribution in [-0.4, -0.2) is 48.6 Å². The van der Waals surface area contributed by atoms with Crippen LogP contribution in [0.5, 0.6) is 0 Å². The van der Waals surface area contributed by atoms with Crippen LogP contribution in [0.15, 0.2) is 24.3 Å². The molecule has 1 aromatic rings. The number of hydrogen-bond acceptors (Lipinski definition) is 6. The van der Waals surface area contributed by atoms with E-state index >= 15 is 0 Å². The van der Waals surface area contributed by atoms with Gasteiger partial charge in [-0.05, 0) is 37.1 Å². The lowest BCUT2D eigenvalue weighted by molar-refractivity contribution is 0.0234. The van der Waals surface area contributed by atoms with Crippen LogP contribution in [0, 0.1) is 5.41 Å². The minimum absolute atomic E-state index is 0.100. The molecule has 0 atom stereocenters. The van der Waals surface area contributed by atoms with Gasteiger partial charge in [0, 0.05) is 5.41 Å². The van der Waals surface area contributed by atoms with Crippen molar-refractivity contribution in [3.05, 3.63) is 35.4 Å². The van der Waals surface area contributed by atoms with Crippen LogP contribution in [0.1, 0.15) is 52.8 Å². The number of aliphatic hydroxyl groups excluding tert-OH is 2. The van der Waals surface area contributed by atoms with E-state index < -0.39 is 11.9 Å². The molecular weight excluding hydrogens is 312 g/mol. The third-order valence-corrected chi connectivity index (χ3v) is 4.49. The number of ether oxygens (including phenoxy) is 2.